The summed E-state index contributed by atoms with van der Waals surface area (Å²) in [5.74, 6) is 0.612. The highest BCUT2D eigenvalue weighted by Crippen LogP contribution is 2.42. The number of benzene rings is 2. The monoisotopic (exact) mass is 596 g/mol. The van der Waals surface area contributed by atoms with Crippen LogP contribution in [0.5, 0.6) is 0 Å². The van der Waals surface area contributed by atoms with Gasteiger partial charge in [0, 0.05) is 37.4 Å². The molecule has 5 aromatic rings. The second kappa shape index (κ2) is 11.3. The normalized spacial score (nSPS) is 15.5. The third-order valence-corrected chi connectivity index (χ3v) is 8.20. The largest absolute Gasteiger partial charge is 0.444 e. The topological polar surface area (TPSA) is 116 Å². The molecule has 1 atom stereocenters. The van der Waals surface area contributed by atoms with Crippen molar-refractivity contribution >= 4 is 33.8 Å². The van der Waals surface area contributed by atoms with Crippen LogP contribution >= 0.6 is 0 Å². The van der Waals surface area contributed by atoms with Gasteiger partial charge in [-0.25, -0.2) is 9.48 Å². The molecule has 4 heterocycles. The number of hydrogen-bond donors (Lipinski definition) is 2. The Kier molecular flexibility index (Phi) is 7.67. The molecule has 3 aromatic heterocycles. The molecule has 10 heteroatoms. The first-order chi connectivity index (χ1) is 20.9. The minimum Gasteiger partial charge on any atom is -0.444 e. The van der Waals surface area contributed by atoms with E-state index in [1.165, 1.54) is 5.56 Å². The second-order valence-corrected chi connectivity index (χ2v) is 13.1. The average Bonchev–Trinajstić information content (AvgIpc) is 3.49. The lowest BCUT2D eigenvalue weighted by Gasteiger charge is -2.33. The van der Waals surface area contributed by atoms with E-state index in [0.29, 0.717) is 30.6 Å². The van der Waals surface area contributed by atoms with Gasteiger partial charge in [0.15, 0.2) is 5.82 Å². The number of anilines is 1. The number of amides is 1. The predicted molar refractivity (Wildman–Crippen MR) is 170 cm³/mol. The van der Waals surface area contributed by atoms with E-state index in [9.17, 15) is 9.90 Å². The molecule has 2 aromatic carbocycles. The molecule has 230 valence electrons. The third kappa shape index (κ3) is 5.79. The molecule has 1 saturated heterocycles. The van der Waals surface area contributed by atoms with Crippen LogP contribution < -0.4 is 5.32 Å². The summed E-state index contributed by atoms with van der Waals surface area (Å²) < 4.78 is 15.3. The zero-order valence-electron chi connectivity index (χ0n) is 26.2. The fraction of sp³-hybridized carbons (Fsp3) is 0.412. The molecule has 6 rings (SSSR count). The van der Waals surface area contributed by atoms with Crippen LogP contribution in [0.3, 0.4) is 0 Å². The van der Waals surface area contributed by atoms with Gasteiger partial charge in [-0.05, 0) is 76.6 Å². The van der Waals surface area contributed by atoms with Gasteiger partial charge in [0.2, 0.25) is 0 Å². The molecule has 2 N–H and O–H groups in total. The van der Waals surface area contributed by atoms with Crippen LogP contribution in [0.4, 0.5) is 10.6 Å². The third-order valence-electron chi connectivity index (χ3n) is 8.20. The van der Waals surface area contributed by atoms with E-state index in [0.717, 1.165) is 45.9 Å². The molecule has 0 unspecified atom stereocenters. The molecule has 1 aliphatic rings. The highest BCUT2D eigenvalue weighted by atomic mass is 16.6. The predicted octanol–water partition coefficient (Wildman–Crippen LogP) is 6.58. The summed E-state index contributed by atoms with van der Waals surface area (Å²) in [5, 5.41) is 23.2. The minimum atomic E-state index is -1.02. The van der Waals surface area contributed by atoms with Crippen molar-refractivity contribution in [2.75, 3.05) is 18.5 Å². The minimum absolute atomic E-state index is 0.00164. The van der Waals surface area contributed by atoms with E-state index in [-0.39, 0.29) is 6.04 Å². The molecule has 0 spiro atoms. The maximum absolute atomic E-state index is 12.7. The quantitative estimate of drug-likeness (QED) is 0.228. The second-order valence-electron chi connectivity index (χ2n) is 13.1. The maximum atomic E-state index is 12.7. The summed E-state index contributed by atoms with van der Waals surface area (Å²) in [4.78, 5) is 17.7. The Hall–Kier alpha value is -4.28. The van der Waals surface area contributed by atoms with Gasteiger partial charge in [-0.15, -0.1) is 5.10 Å². The molecule has 10 nitrogen and oxygen atoms in total. The lowest BCUT2D eigenvalue weighted by molar-refractivity contribution is 0.0552. The van der Waals surface area contributed by atoms with E-state index >= 15 is 0 Å². The number of aryl methyl sites for hydroxylation is 1. The first kappa shape index (κ1) is 29.8. The number of aliphatic hydroxyl groups is 1. The molecule has 0 bridgehead atoms. The zero-order valence-corrected chi connectivity index (χ0v) is 26.2. The van der Waals surface area contributed by atoms with Crippen LogP contribution in [0.25, 0.3) is 33.2 Å². The molecule has 1 aliphatic heterocycles. The standard InChI is InChI=1S/C34H40N6O4/c1-33(2,3)44-32(41)36-31-30(39(6)38-37-31)23-18-27-28(35-20-23)25-13-12-24(34(4,5)42)19-26(25)40(27)29(21-10-8-7-9-11-21)22-14-16-43-17-15-22/h7-13,18-20,22,29,42H,14-17H2,1-6H3,(H,36,41)/t29-/m1/s1. The Labute approximate surface area is 257 Å². The number of carbonyl (C=O) groups is 1. The van der Waals surface area contributed by atoms with Crippen molar-refractivity contribution in [3.05, 3.63) is 71.9 Å². The molecule has 0 saturated carbocycles. The first-order valence-electron chi connectivity index (χ1n) is 15.1. The van der Waals surface area contributed by atoms with Crippen LogP contribution in [-0.2, 0) is 22.1 Å². The Balaban J connectivity index is 1.59. The summed E-state index contributed by atoms with van der Waals surface area (Å²) in [6, 6.07) is 18.8. The number of pyridine rings is 1. The van der Waals surface area contributed by atoms with E-state index in [4.69, 9.17) is 14.5 Å². The molecule has 0 aliphatic carbocycles. The maximum Gasteiger partial charge on any atom is 0.413 e. The van der Waals surface area contributed by atoms with E-state index in [2.05, 4.69) is 62.7 Å². The lowest BCUT2D eigenvalue weighted by atomic mass is 9.86. The molecular formula is C34H40N6O4. The molecule has 44 heavy (non-hydrogen) atoms. The van der Waals surface area contributed by atoms with Gasteiger partial charge in [0.05, 0.1) is 28.2 Å². The summed E-state index contributed by atoms with van der Waals surface area (Å²) in [7, 11) is 1.78. The van der Waals surface area contributed by atoms with Gasteiger partial charge in [-0.1, -0.05) is 47.7 Å². The zero-order chi connectivity index (χ0) is 31.2. The number of aromatic nitrogens is 5. The van der Waals surface area contributed by atoms with E-state index < -0.39 is 17.3 Å². The van der Waals surface area contributed by atoms with Crippen molar-refractivity contribution in [2.24, 2.45) is 13.0 Å². The van der Waals surface area contributed by atoms with E-state index in [1.54, 1.807) is 31.8 Å². The molecular weight excluding hydrogens is 556 g/mol. The lowest BCUT2D eigenvalue weighted by Crippen LogP contribution is -2.27. The summed E-state index contributed by atoms with van der Waals surface area (Å²) in [6.07, 6.45) is 3.04. The van der Waals surface area contributed by atoms with Gasteiger partial charge < -0.3 is 19.1 Å². The Bertz CT molecular complexity index is 1810. The van der Waals surface area contributed by atoms with Gasteiger partial charge in [0.25, 0.3) is 0 Å². The van der Waals surface area contributed by atoms with Crippen LogP contribution in [0.2, 0.25) is 0 Å². The number of nitrogens with one attached hydrogen (secondary N) is 1. The summed E-state index contributed by atoms with van der Waals surface area (Å²) in [6.45, 7) is 10.5. The summed E-state index contributed by atoms with van der Waals surface area (Å²) in [5.41, 5.74) is 4.51. The fourth-order valence-electron chi connectivity index (χ4n) is 6.19. The number of carbonyl (C=O) groups excluding carboxylic acids is 1. The summed E-state index contributed by atoms with van der Waals surface area (Å²) >= 11 is 0. The number of ether oxygens (including phenoxy) is 2. The Morgan fingerprint density at radius 3 is 2.45 bits per heavy atom. The fourth-order valence-corrected chi connectivity index (χ4v) is 6.19. The number of hydrogen-bond acceptors (Lipinski definition) is 7. The van der Waals surface area contributed by atoms with Gasteiger partial charge in [-0.3, -0.25) is 10.3 Å². The van der Waals surface area contributed by atoms with Gasteiger partial charge >= 0.3 is 6.09 Å². The van der Waals surface area contributed by atoms with E-state index in [1.807, 2.05) is 32.9 Å². The van der Waals surface area contributed by atoms with Crippen molar-refractivity contribution in [1.29, 1.82) is 0 Å². The molecule has 0 radical (unpaired) electrons. The van der Waals surface area contributed by atoms with Gasteiger partial charge in [-0.2, -0.15) is 0 Å². The average molecular weight is 597 g/mol. The Morgan fingerprint density at radius 2 is 1.77 bits per heavy atom. The van der Waals surface area contributed by atoms with Crippen molar-refractivity contribution in [1.82, 2.24) is 24.5 Å². The van der Waals surface area contributed by atoms with Crippen molar-refractivity contribution < 1.29 is 19.4 Å². The van der Waals surface area contributed by atoms with Crippen molar-refractivity contribution in [3.8, 4) is 11.3 Å². The van der Waals surface area contributed by atoms with Crippen LogP contribution in [-0.4, -0.2) is 54.6 Å². The van der Waals surface area contributed by atoms with Crippen LogP contribution in [0.15, 0.2) is 60.8 Å². The highest BCUT2D eigenvalue weighted by molar-refractivity contribution is 6.07. The molecule has 1 fully saturated rings. The Morgan fingerprint density at radius 1 is 1.05 bits per heavy atom. The van der Waals surface area contributed by atoms with Crippen molar-refractivity contribution in [2.45, 2.75) is 64.7 Å². The number of nitrogens with zero attached hydrogens (tertiary/aromatic N) is 5. The van der Waals surface area contributed by atoms with Crippen LogP contribution in [0.1, 0.15) is 64.6 Å². The highest BCUT2D eigenvalue weighted by Gasteiger charge is 2.31. The smallest absolute Gasteiger partial charge is 0.413 e. The number of fused-ring (bicyclic) bond motifs is 3. The van der Waals surface area contributed by atoms with Gasteiger partial charge in [0.1, 0.15) is 11.3 Å². The molecule has 1 amide bonds. The number of rotatable bonds is 6. The van der Waals surface area contributed by atoms with Crippen LogP contribution in [0, 0.1) is 5.92 Å². The SMILES string of the molecule is Cn1nnc(NC(=O)OC(C)(C)C)c1-c1cnc2c3ccc(C(C)(C)O)cc3n([C@H](c3ccccc3)C3CCOCC3)c2c1. The first-order valence-corrected chi connectivity index (χ1v) is 15.1. The van der Waals surface area contributed by atoms with Crippen molar-refractivity contribution in [3.63, 3.8) is 0 Å².